The highest BCUT2D eigenvalue weighted by Crippen LogP contribution is 2.32. The number of H-pyrrole nitrogens is 1. The van der Waals surface area contributed by atoms with Crippen molar-refractivity contribution >= 4 is 38.9 Å². The molecule has 9 nitrogen and oxygen atoms in total. The van der Waals surface area contributed by atoms with Crippen molar-refractivity contribution < 1.29 is 9.53 Å². The number of pyridine rings is 2. The lowest BCUT2D eigenvalue weighted by Crippen LogP contribution is -2.33. The highest BCUT2D eigenvalue weighted by Gasteiger charge is 2.19. The third-order valence-electron chi connectivity index (χ3n) is 4.72. The molecule has 178 valence electrons. The Balaban J connectivity index is 1.70. The normalized spacial score (nSPS) is 11.5. The van der Waals surface area contributed by atoms with Crippen LogP contribution in [0, 0.1) is 0 Å². The monoisotopic (exact) mass is 517 g/mol. The molecule has 0 spiro atoms. The molecule has 0 unspecified atom stereocenters. The van der Waals surface area contributed by atoms with E-state index in [1.165, 1.54) is 0 Å². The standard InChI is InChI=1S/C23H32BrN7O2/c1-5-10-31(11-9-26-13-16-7-6-8-25-12-16)20-17(24)14-27-21-19(20)29-18(30-21)15-28-22(32)33-23(2,3)4/h6-8,12,14,26H,5,9-11,13,15H2,1-4H3,(H,28,32)(H,27,29,30). The molecule has 0 aliphatic heterocycles. The van der Waals surface area contributed by atoms with Crippen molar-refractivity contribution in [1.29, 1.82) is 0 Å². The van der Waals surface area contributed by atoms with Crippen LogP contribution in [0.25, 0.3) is 11.2 Å². The lowest BCUT2D eigenvalue weighted by atomic mass is 10.2. The van der Waals surface area contributed by atoms with E-state index < -0.39 is 11.7 Å². The van der Waals surface area contributed by atoms with Crippen molar-refractivity contribution in [3.05, 3.63) is 46.6 Å². The van der Waals surface area contributed by atoms with Gasteiger partial charge in [-0.2, -0.15) is 0 Å². The van der Waals surface area contributed by atoms with Crippen LogP contribution < -0.4 is 15.5 Å². The maximum Gasteiger partial charge on any atom is 0.408 e. The van der Waals surface area contributed by atoms with Gasteiger partial charge in [0.1, 0.15) is 16.9 Å². The number of hydrogen-bond donors (Lipinski definition) is 3. The molecule has 33 heavy (non-hydrogen) atoms. The molecule has 0 aromatic carbocycles. The maximum absolute atomic E-state index is 12.0. The van der Waals surface area contributed by atoms with Crippen molar-refractivity contribution in [2.75, 3.05) is 24.5 Å². The van der Waals surface area contributed by atoms with Gasteiger partial charge in [0.15, 0.2) is 5.65 Å². The van der Waals surface area contributed by atoms with Gasteiger partial charge in [0.25, 0.3) is 0 Å². The van der Waals surface area contributed by atoms with Gasteiger partial charge in [-0.25, -0.2) is 14.8 Å². The van der Waals surface area contributed by atoms with Crippen molar-refractivity contribution in [3.63, 3.8) is 0 Å². The van der Waals surface area contributed by atoms with Crippen LogP contribution in [0.4, 0.5) is 10.5 Å². The Morgan fingerprint density at radius 1 is 1.24 bits per heavy atom. The van der Waals surface area contributed by atoms with E-state index in [-0.39, 0.29) is 6.54 Å². The van der Waals surface area contributed by atoms with Crippen LogP contribution in [0.1, 0.15) is 45.5 Å². The smallest absolute Gasteiger partial charge is 0.408 e. The molecule has 3 N–H and O–H groups in total. The SMILES string of the molecule is CCCN(CCNCc1cccnc1)c1c(Br)cnc2nc(CNC(=O)OC(C)(C)C)[nH]c12. The Morgan fingerprint density at radius 3 is 2.76 bits per heavy atom. The minimum absolute atomic E-state index is 0.225. The number of ether oxygens (including phenoxy) is 1. The minimum Gasteiger partial charge on any atom is -0.444 e. The molecule has 0 aliphatic carbocycles. The zero-order valence-electron chi connectivity index (χ0n) is 19.6. The second kappa shape index (κ2) is 11.4. The van der Waals surface area contributed by atoms with Crippen LogP contribution in [0.5, 0.6) is 0 Å². The third-order valence-corrected chi connectivity index (χ3v) is 5.30. The zero-order valence-corrected chi connectivity index (χ0v) is 21.2. The lowest BCUT2D eigenvalue weighted by molar-refractivity contribution is 0.0522. The number of aromatic nitrogens is 4. The minimum atomic E-state index is -0.552. The fourth-order valence-corrected chi connectivity index (χ4v) is 3.94. The van der Waals surface area contributed by atoms with E-state index >= 15 is 0 Å². The van der Waals surface area contributed by atoms with E-state index in [1.807, 2.05) is 33.0 Å². The molecule has 0 saturated carbocycles. The number of aromatic amines is 1. The van der Waals surface area contributed by atoms with Gasteiger partial charge < -0.3 is 25.3 Å². The van der Waals surface area contributed by atoms with Gasteiger partial charge >= 0.3 is 6.09 Å². The maximum atomic E-state index is 12.0. The molecule has 0 fully saturated rings. The number of carbonyl (C=O) groups excluding carboxylic acids is 1. The molecular formula is C23H32BrN7O2. The van der Waals surface area contributed by atoms with E-state index in [9.17, 15) is 4.79 Å². The first kappa shape index (κ1) is 24.9. The summed E-state index contributed by atoms with van der Waals surface area (Å²) >= 11 is 3.67. The van der Waals surface area contributed by atoms with Crippen LogP contribution in [0.3, 0.4) is 0 Å². The average molecular weight is 518 g/mol. The summed E-state index contributed by atoms with van der Waals surface area (Å²) in [6, 6.07) is 4.00. The van der Waals surface area contributed by atoms with Crippen LogP contribution in [-0.4, -0.2) is 51.3 Å². The summed E-state index contributed by atoms with van der Waals surface area (Å²) in [4.78, 5) is 30.8. The summed E-state index contributed by atoms with van der Waals surface area (Å²) in [5.74, 6) is 0.619. The molecule has 1 amide bonds. The van der Waals surface area contributed by atoms with Gasteiger partial charge in [-0.1, -0.05) is 13.0 Å². The molecule has 3 heterocycles. The zero-order chi connectivity index (χ0) is 23.8. The summed E-state index contributed by atoms with van der Waals surface area (Å²) in [7, 11) is 0. The van der Waals surface area contributed by atoms with Crippen LogP contribution in [0.15, 0.2) is 35.2 Å². The van der Waals surface area contributed by atoms with Crippen molar-refractivity contribution in [2.45, 2.75) is 52.8 Å². The Hall–Kier alpha value is -2.72. The van der Waals surface area contributed by atoms with Crippen molar-refractivity contribution in [2.24, 2.45) is 0 Å². The summed E-state index contributed by atoms with van der Waals surface area (Å²) in [6.45, 7) is 11.2. The topological polar surface area (TPSA) is 108 Å². The summed E-state index contributed by atoms with van der Waals surface area (Å²) in [5, 5.41) is 6.22. The fourth-order valence-electron chi connectivity index (χ4n) is 3.39. The molecule has 3 aromatic rings. The lowest BCUT2D eigenvalue weighted by Gasteiger charge is -2.26. The number of hydrogen-bond acceptors (Lipinski definition) is 7. The van der Waals surface area contributed by atoms with E-state index in [0.717, 1.165) is 53.8 Å². The van der Waals surface area contributed by atoms with Crippen LogP contribution in [0.2, 0.25) is 0 Å². The molecule has 0 atom stereocenters. The molecular weight excluding hydrogens is 486 g/mol. The highest BCUT2D eigenvalue weighted by molar-refractivity contribution is 9.10. The van der Waals surface area contributed by atoms with Gasteiger partial charge in [0, 0.05) is 44.8 Å². The number of alkyl carbamates (subject to hydrolysis) is 1. The van der Waals surface area contributed by atoms with Crippen LogP contribution in [-0.2, 0) is 17.8 Å². The van der Waals surface area contributed by atoms with E-state index in [2.05, 4.69) is 64.4 Å². The first-order valence-electron chi connectivity index (χ1n) is 11.1. The first-order valence-corrected chi connectivity index (χ1v) is 11.9. The van der Waals surface area contributed by atoms with Gasteiger partial charge in [-0.15, -0.1) is 0 Å². The second-order valence-electron chi connectivity index (χ2n) is 8.72. The molecule has 0 saturated heterocycles. The Kier molecular flexibility index (Phi) is 8.62. The van der Waals surface area contributed by atoms with Crippen molar-refractivity contribution in [3.8, 4) is 0 Å². The third kappa shape index (κ3) is 7.40. The van der Waals surface area contributed by atoms with E-state index in [0.29, 0.717) is 11.5 Å². The number of anilines is 1. The quantitative estimate of drug-likeness (QED) is 0.346. The van der Waals surface area contributed by atoms with Gasteiger partial charge in [-0.3, -0.25) is 4.98 Å². The number of imidazole rings is 1. The number of carbonyl (C=O) groups is 1. The molecule has 3 rings (SSSR count). The number of nitrogens with one attached hydrogen (secondary N) is 3. The first-order chi connectivity index (χ1) is 15.8. The summed E-state index contributed by atoms with van der Waals surface area (Å²) < 4.78 is 6.19. The number of halogens is 1. The number of nitrogens with zero attached hydrogens (tertiary/aromatic N) is 4. The molecule has 0 aliphatic rings. The van der Waals surface area contributed by atoms with E-state index in [1.54, 1.807) is 12.4 Å². The predicted molar refractivity (Wildman–Crippen MR) is 133 cm³/mol. The highest BCUT2D eigenvalue weighted by atomic mass is 79.9. The van der Waals surface area contributed by atoms with Crippen LogP contribution >= 0.6 is 15.9 Å². The average Bonchev–Trinajstić information content (AvgIpc) is 3.17. The summed E-state index contributed by atoms with van der Waals surface area (Å²) in [6.07, 6.45) is 5.94. The van der Waals surface area contributed by atoms with E-state index in [4.69, 9.17) is 4.74 Å². The molecule has 0 radical (unpaired) electrons. The van der Waals surface area contributed by atoms with Gasteiger partial charge in [0.05, 0.1) is 16.7 Å². The predicted octanol–water partition coefficient (Wildman–Crippen LogP) is 4.15. The summed E-state index contributed by atoms with van der Waals surface area (Å²) in [5.41, 5.74) is 3.07. The van der Waals surface area contributed by atoms with Gasteiger partial charge in [0.2, 0.25) is 0 Å². The molecule has 0 bridgehead atoms. The number of rotatable bonds is 10. The van der Waals surface area contributed by atoms with Crippen molar-refractivity contribution in [1.82, 2.24) is 30.6 Å². The molecule has 3 aromatic heterocycles. The van der Waals surface area contributed by atoms with Gasteiger partial charge in [-0.05, 0) is 54.8 Å². The molecule has 10 heteroatoms. The largest absolute Gasteiger partial charge is 0.444 e. The second-order valence-corrected chi connectivity index (χ2v) is 9.57. The Morgan fingerprint density at radius 2 is 2.06 bits per heavy atom. The Bertz CT molecular complexity index is 1050. The Labute approximate surface area is 202 Å². The number of amides is 1. The number of fused-ring (bicyclic) bond motifs is 1. The fraction of sp³-hybridized carbons (Fsp3) is 0.478.